The summed E-state index contributed by atoms with van der Waals surface area (Å²) in [5.41, 5.74) is -2.22. The largest absolute Gasteiger partial charge is 0.437 e. The number of hydrogen-bond acceptors (Lipinski definition) is 19. The van der Waals surface area contributed by atoms with E-state index in [1.807, 2.05) is 32.6 Å². The molecule has 6 aliphatic heterocycles. The van der Waals surface area contributed by atoms with Gasteiger partial charge in [-0.1, -0.05) is 115 Å². The van der Waals surface area contributed by atoms with Gasteiger partial charge in [0.25, 0.3) is 0 Å². The van der Waals surface area contributed by atoms with E-state index in [0.717, 1.165) is 137 Å². The topological polar surface area (TPSA) is 243 Å². The highest BCUT2D eigenvalue weighted by molar-refractivity contribution is 7.90. The number of nitrogens with one attached hydrogen (secondary N) is 2. The number of carbonyl (C=O) groups is 2. The minimum absolute atomic E-state index is 0.0236. The van der Waals surface area contributed by atoms with Crippen molar-refractivity contribution in [1.29, 1.82) is 0 Å². The molecule has 2 N–H and O–H groups in total. The van der Waals surface area contributed by atoms with E-state index in [9.17, 15) is 57.5 Å². The molecule has 3 aromatic carbocycles. The predicted octanol–water partition coefficient (Wildman–Crippen LogP) is 16.7. The molecule has 0 unspecified atom stereocenters. The van der Waals surface area contributed by atoms with Crippen LogP contribution >= 0.6 is 69.6 Å². The molecule has 2 amide bonds. The number of halogens is 15. The normalized spacial score (nSPS) is 19.7. The van der Waals surface area contributed by atoms with E-state index < -0.39 is 63.6 Å². The summed E-state index contributed by atoms with van der Waals surface area (Å²) in [7, 11) is -2.96. The summed E-state index contributed by atoms with van der Waals surface area (Å²) in [4.78, 5) is 63.4. The molecule has 122 heavy (non-hydrogen) atoms. The fraction of sp³-hybridized carbons (Fsp3) is 0.573. The molecule has 6 saturated heterocycles. The van der Waals surface area contributed by atoms with Crippen molar-refractivity contribution in [2.24, 2.45) is 47.3 Å². The van der Waals surface area contributed by atoms with E-state index in [2.05, 4.69) is 80.3 Å². The lowest BCUT2D eigenvalue weighted by atomic mass is 9.80. The molecule has 15 rings (SSSR count). The number of aromatic nitrogens is 12. The van der Waals surface area contributed by atoms with E-state index in [1.54, 1.807) is 75.4 Å². The molecule has 6 atom stereocenters. The molecule has 0 saturated carbocycles. The molecule has 0 spiro atoms. The Morgan fingerprint density at radius 2 is 0.721 bits per heavy atom. The number of nitrogens with zero attached hydrogens (tertiary/aromatic N) is 18. The zero-order valence-corrected chi connectivity index (χ0v) is 74.1. The maximum Gasteiger partial charge on any atom is 0.437 e. The van der Waals surface area contributed by atoms with Gasteiger partial charge in [-0.25, -0.2) is 52.4 Å². The van der Waals surface area contributed by atoms with Gasteiger partial charge in [-0.05, 0) is 180 Å². The molecule has 0 aliphatic carbocycles. The minimum atomic E-state index is -4.70. The smallest absolute Gasteiger partial charge is 0.355 e. The molecule has 24 nitrogen and oxygen atoms in total. The van der Waals surface area contributed by atoms with Crippen molar-refractivity contribution in [1.82, 2.24) is 84.6 Å². The van der Waals surface area contributed by atoms with Crippen LogP contribution in [0, 0.1) is 47.3 Å². The summed E-state index contributed by atoms with van der Waals surface area (Å²) >= 11 is 37.2. The van der Waals surface area contributed by atoms with Crippen molar-refractivity contribution in [2.75, 3.05) is 138 Å². The second kappa shape index (κ2) is 38.4. The number of carbonyl (C=O) groups excluding carboxylic acids is 2. The Morgan fingerprint density at radius 1 is 0.434 bits per heavy atom. The van der Waals surface area contributed by atoms with E-state index >= 15 is 0 Å². The van der Waals surface area contributed by atoms with Crippen LogP contribution in [0.15, 0.2) is 73.2 Å². The highest BCUT2D eigenvalue weighted by Gasteiger charge is 2.46. The van der Waals surface area contributed by atoms with E-state index in [-0.39, 0.29) is 62.9 Å². The monoisotopic (exact) mass is 1840 g/mol. The fourth-order valence-electron chi connectivity index (χ4n) is 17.1. The Hall–Kier alpha value is -7.41. The number of alkyl halides is 9. The van der Waals surface area contributed by atoms with Gasteiger partial charge < -0.3 is 40.0 Å². The maximum atomic E-state index is 13.9. The summed E-state index contributed by atoms with van der Waals surface area (Å²) in [5.74, 6) is 4.73. The summed E-state index contributed by atoms with van der Waals surface area (Å²) in [6.07, 6.45) is -1.31. The van der Waals surface area contributed by atoms with Crippen LogP contribution in [0.25, 0.3) is 33.5 Å². The maximum absolute atomic E-state index is 13.9. The predicted molar refractivity (Wildman–Crippen MR) is 456 cm³/mol. The van der Waals surface area contributed by atoms with Gasteiger partial charge in [0.2, 0.25) is 11.8 Å². The SMILES string of the molecule is CC(C)C(=O)NCCN1CCC[C@@H](C2CN(c3cnc4c(C(F)(F)F)nn([C@H](C)c5ccc(Cl)cc5Cl)c4n3)C2)C1.CC(C)C(=O)NCCN1CCC[C@H](C2CN(c3cnc4c(C(F)(F)F)nn([C@H](C)c5ccc(Cl)cc5Cl)c4n3)C2)C1.C[C@H](c1ccc(Cl)cc1Cl)n1nc(C(F)(F)F)c2ncc(N3CC([C@H]4CCCN(CCCS(C)(=O)=O)C4)C3)nc21. The summed E-state index contributed by atoms with van der Waals surface area (Å²) in [6.45, 7) is 26.8. The standard InChI is InChI=1S/2C28H34Cl2F3N7O.C26H31Cl2F3N6O2S/c2*1-16(2)27(41)34-8-10-38-9-4-5-18(13-38)19-14-39(15-19)23-12-35-24-25(28(31,32)33)37-40(26(24)36-23)17(3)21-7-6-20(29)11-22(21)30;1-16(20-7-6-19(27)11-21(20)28)37-25-23(24(34-37)26(29,30)31)32-12-22(33-25)36-14-18(15-36)17-5-3-8-35(13-17)9-4-10-40(2,38)39/h2*6-7,11-12,16-19H,4-5,8-10,13-15H2,1-3H3,(H,34,41);6-7,11-12,16-18H,3-5,8-10,13-15H2,1-2H3/t17-,18+;17-,18-;16-,17+/m111/s1. The number of rotatable bonds is 24. The van der Waals surface area contributed by atoms with Crippen LogP contribution in [-0.2, 0) is 38.0 Å². The number of sulfone groups is 1. The molecule has 0 bridgehead atoms. The second-order valence-corrected chi connectivity index (χ2v) is 38.4. The Morgan fingerprint density at radius 3 is 0.984 bits per heavy atom. The van der Waals surface area contributed by atoms with Crippen molar-refractivity contribution in [3.05, 3.63) is 137 Å². The van der Waals surface area contributed by atoms with Gasteiger partial charge in [0.05, 0.1) is 42.5 Å². The first-order valence-electron chi connectivity index (χ1n) is 41.1. The summed E-state index contributed by atoms with van der Waals surface area (Å²) in [6, 6.07) is 12.7. The summed E-state index contributed by atoms with van der Waals surface area (Å²) in [5, 5.41) is 20.0. The number of benzene rings is 3. The molecule has 12 heterocycles. The van der Waals surface area contributed by atoms with Crippen molar-refractivity contribution in [3.8, 4) is 0 Å². The van der Waals surface area contributed by atoms with Gasteiger partial charge in [-0.3, -0.25) is 9.59 Å². The highest BCUT2D eigenvalue weighted by Crippen LogP contribution is 2.44. The third-order valence-corrected chi connectivity index (χ3v) is 26.9. The quantitative estimate of drug-likeness (QED) is 0.0534. The number of fused-ring (bicyclic) bond motifs is 3. The molecular formula is C82H99Cl6F9N20O4S. The molecule has 662 valence electrons. The second-order valence-electron chi connectivity index (χ2n) is 33.6. The first-order valence-corrected chi connectivity index (χ1v) is 45.4. The lowest BCUT2D eigenvalue weighted by Gasteiger charge is -2.47. The average Bonchev–Trinajstić information content (AvgIpc) is 1.60. The Kier molecular flexibility index (Phi) is 29.1. The van der Waals surface area contributed by atoms with Gasteiger partial charge in [-0.2, -0.15) is 54.8 Å². The Bertz CT molecular complexity index is 5120. The van der Waals surface area contributed by atoms with E-state index in [4.69, 9.17) is 69.6 Å². The Balaban J connectivity index is 0.000000158. The third-order valence-electron chi connectivity index (χ3n) is 24.1. The molecular weight excluding hydrogens is 1740 g/mol. The van der Waals surface area contributed by atoms with Crippen molar-refractivity contribution < 1.29 is 57.5 Å². The average molecular weight is 1840 g/mol. The first-order chi connectivity index (χ1) is 57.6. The van der Waals surface area contributed by atoms with Crippen LogP contribution in [0.5, 0.6) is 0 Å². The van der Waals surface area contributed by atoms with Crippen LogP contribution in [-0.4, -0.2) is 217 Å². The molecule has 6 fully saturated rings. The minimum Gasteiger partial charge on any atom is -0.355 e. The van der Waals surface area contributed by atoms with E-state index in [1.165, 1.54) is 38.9 Å². The lowest BCUT2D eigenvalue weighted by Crippen LogP contribution is -2.54. The zero-order valence-electron chi connectivity index (χ0n) is 68.7. The van der Waals surface area contributed by atoms with Gasteiger partial charge in [-0.15, -0.1) is 0 Å². The zero-order chi connectivity index (χ0) is 87.8. The molecule has 0 radical (unpaired) electrons. The first kappa shape index (κ1) is 92.3. The van der Waals surface area contributed by atoms with Crippen molar-refractivity contribution in [3.63, 3.8) is 0 Å². The van der Waals surface area contributed by atoms with Crippen LogP contribution in [0.4, 0.5) is 57.0 Å². The van der Waals surface area contributed by atoms with Crippen LogP contribution in [0.2, 0.25) is 30.1 Å². The highest BCUT2D eigenvalue weighted by atomic mass is 35.5. The van der Waals surface area contributed by atoms with Crippen LogP contribution in [0.1, 0.15) is 145 Å². The van der Waals surface area contributed by atoms with Crippen molar-refractivity contribution >= 4 is 142 Å². The third kappa shape index (κ3) is 21.8. The number of amides is 2. The summed E-state index contributed by atoms with van der Waals surface area (Å²) < 4.78 is 152. The van der Waals surface area contributed by atoms with Gasteiger partial charge in [0.1, 0.15) is 43.8 Å². The van der Waals surface area contributed by atoms with Gasteiger partial charge in [0.15, 0.2) is 34.0 Å². The molecule has 40 heteroatoms. The molecule has 6 aromatic heterocycles. The number of hydrogen-bond donors (Lipinski definition) is 2. The molecule has 9 aromatic rings. The lowest BCUT2D eigenvalue weighted by molar-refractivity contribution is -0.141. The fourth-order valence-corrected chi connectivity index (χ4v) is 19.5. The van der Waals surface area contributed by atoms with Crippen molar-refractivity contribution in [2.45, 2.75) is 130 Å². The number of piperidine rings is 3. The van der Waals surface area contributed by atoms with Gasteiger partial charge in [0, 0.05) is 133 Å². The van der Waals surface area contributed by atoms with E-state index in [0.29, 0.717) is 119 Å². The van der Waals surface area contributed by atoms with Crippen LogP contribution in [0.3, 0.4) is 0 Å². The number of likely N-dealkylation sites (tertiary alicyclic amines) is 3. The Labute approximate surface area is 732 Å². The molecule has 6 aliphatic rings. The van der Waals surface area contributed by atoms with Crippen LogP contribution < -0.4 is 25.3 Å². The van der Waals surface area contributed by atoms with Gasteiger partial charge >= 0.3 is 18.5 Å². The number of anilines is 3.